The monoisotopic (exact) mass is 248 g/mol. The normalized spacial score (nSPS) is 10.2. The molecule has 0 aromatic carbocycles. The number of rotatable bonds is 5. The highest BCUT2D eigenvalue weighted by Gasteiger charge is 1.98. The van der Waals surface area contributed by atoms with E-state index in [0.29, 0.717) is 0 Å². The van der Waals surface area contributed by atoms with Gasteiger partial charge in [0.15, 0.2) is 5.06 Å². The number of alkyl halides is 1. The topological polar surface area (TPSA) is 9.23 Å². The number of thiophene rings is 1. The highest BCUT2D eigenvalue weighted by atomic mass is 79.9. The van der Waals surface area contributed by atoms with Crippen LogP contribution in [0.2, 0.25) is 0 Å². The molecule has 0 spiro atoms. The summed E-state index contributed by atoms with van der Waals surface area (Å²) in [5, 5.41) is 2.12. The number of methoxy groups -OCH3 is 1. The van der Waals surface area contributed by atoms with Gasteiger partial charge in [-0.15, -0.1) is 11.3 Å². The van der Waals surface area contributed by atoms with Gasteiger partial charge in [0.1, 0.15) is 0 Å². The van der Waals surface area contributed by atoms with E-state index in [1.54, 1.807) is 18.4 Å². The molecule has 0 N–H and O–H groups in total. The molecule has 0 aliphatic heterocycles. The van der Waals surface area contributed by atoms with Crippen LogP contribution >= 0.6 is 27.3 Å². The van der Waals surface area contributed by atoms with E-state index in [9.17, 15) is 0 Å². The van der Waals surface area contributed by atoms with E-state index >= 15 is 0 Å². The molecule has 68 valence electrons. The number of aryl methyl sites for hydroxylation is 1. The molecule has 3 heteroatoms. The fourth-order valence-corrected chi connectivity index (χ4v) is 2.25. The fraction of sp³-hybridized carbons (Fsp3) is 0.556. The first-order valence-electron chi connectivity index (χ1n) is 4.05. The molecule has 0 aliphatic rings. The van der Waals surface area contributed by atoms with Crippen molar-refractivity contribution in [1.82, 2.24) is 0 Å². The zero-order valence-electron chi connectivity index (χ0n) is 7.18. The number of hydrogen-bond acceptors (Lipinski definition) is 2. The van der Waals surface area contributed by atoms with Gasteiger partial charge in [-0.3, -0.25) is 0 Å². The first-order chi connectivity index (χ1) is 5.86. The van der Waals surface area contributed by atoms with Crippen molar-refractivity contribution < 1.29 is 4.74 Å². The van der Waals surface area contributed by atoms with Gasteiger partial charge in [0.25, 0.3) is 0 Å². The average Bonchev–Trinajstić information content (AvgIpc) is 2.53. The largest absolute Gasteiger partial charge is 0.487 e. The highest BCUT2D eigenvalue weighted by Crippen LogP contribution is 2.24. The lowest BCUT2D eigenvalue weighted by atomic mass is 10.2. The summed E-state index contributed by atoms with van der Waals surface area (Å²) in [6.07, 6.45) is 3.69. The predicted molar refractivity (Wildman–Crippen MR) is 57.6 cm³/mol. The SMILES string of the molecule is COc1ccc(CCCCBr)s1. The van der Waals surface area contributed by atoms with Crippen LogP contribution < -0.4 is 4.74 Å². The van der Waals surface area contributed by atoms with E-state index in [0.717, 1.165) is 10.4 Å². The second kappa shape index (κ2) is 5.60. The highest BCUT2D eigenvalue weighted by molar-refractivity contribution is 9.09. The molecule has 1 nitrogen and oxygen atoms in total. The molecule has 0 bridgehead atoms. The molecule has 0 fully saturated rings. The third-order valence-electron chi connectivity index (χ3n) is 1.64. The average molecular weight is 249 g/mol. The molecule has 0 aliphatic carbocycles. The lowest BCUT2D eigenvalue weighted by Crippen LogP contribution is -1.80. The van der Waals surface area contributed by atoms with Crippen LogP contribution in [-0.2, 0) is 6.42 Å². The van der Waals surface area contributed by atoms with Crippen LogP contribution in [0.5, 0.6) is 5.06 Å². The third kappa shape index (κ3) is 3.15. The number of hydrogen-bond donors (Lipinski definition) is 0. The third-order valence-corrected chi connectivity index (χ3v) is 3.31. The van der Waals surface area contributed by atoms with Crippen molar-refractivity contribution in [3.63, 3.8) is 0 Å². The molecule has 0 unspecified atom stereocenters. The molecule has 1 aromatic rings. The van der Waals surface area contributed by atoms with E-state index in [-0.39, 0.29) is 0 Å². The lowest BCUT2D eigenvalue weighted by molar-refractivity contribution is 0.427. The van der Waals surface area contributed by atoms with E-state index in [2.05, 4.69) is 22.0 Å². The van der Waals surface area contributed by atoms with E-state index in [1.807, 2.05) is 6.07 Å². The minimum atomic E-state index is 1.02. The first-order valence-corrected chi connectivity index (χ1v) is 5.99. The zero-order chi connectivity index (χ0) is 8.81. The minimum absolute atomic E-state index is 1.02. The first kappa shape index (κ1) is 10.1. The molecule has 1 rings (SSSR count). The maximum Gasteiger partial charge on any atom is 0.173 e. The Balaban J connectivity index is 2.31. The van der Waals surface area contributed by atoms with Gasteiger partial charge in [0, 0.05) is 10.2 Å². The van der Waals surface area contributed by atoms with Crippen LogP contribution in [0.3, 0.4) is 0 Å². The van der Waals surface area contributed by atoms with Crippen LogP contribution in [0.25, 0.3) is 0 Å². The maximum atomic E-state index is 5.11. The lowest BCUT2D eigenvalue weighted by Gasteiger charge is -1.94. The van der Waals surface area contributed by atoms with E-state index in [1.165, 1.54) is 24.1 Å². The van der Waals surface area contributed by atoms with Crippen molar-refractivity contribution in [2.24, 2.45) is 0 Å². The molecule has 1 heterocycles. The van der Waals surface area contributed by atoms with Gasteiger partial charge in [-0.1, -0.05) is 15.9 Å². The Bertz CT molecular complexity index is 222. The number of ether oxygens (including phenoxy) is 1. The quantitative estimate of drug-likeness (QED) is 0.573. The summed E-state index contributed by atoms with van der Waals surface area (Å²) in [5.41, 5.74) is 0. The molecular formula is C9H13BrOS. The molecule has 1 aromatic heterocycles. The van der Waals surface area contributed by atoms with E-state index in [4.69, 9.17) is 4.74 Å². The van der Waals surface area contributed by atoms with Gasteiger partial charge in [-0.05, 0) is 31.4 Å². The molecule has 0 saturated heterocycles. The Labute approximate surface area is 85.9 Å². The van der Waals surface area contributed by atoms with Gasteiger partial charge >= 0.3 is 0 Å². The second-order valence-electron chi connectivity index (χ2n) is 2.57. The van der Waals surface area contributed by atoms with Crippen LogP contribution in [0.15, 0.2) is 12.1 Å². The Morgan fingerprint density at radius 1 is 1.42 bits per heavy atom. The van der Waals surface area contributed by atoms with Crippen LogP contribution in [0.1, 0.15) is 17.7 Å². The fourth-order valence-electron chi connectivity index (χ4n) is 0.996. The summed E-state index contributed by atoms with van der Waals surface area (Å²) >= 11 is 5.17. The minimum Gasteiger partial charge on any atom is -0.487 e. The van der Waals surface area contributed by atoms with Crippen molar-refractivity contribution in [3.05, 3.63) is 17.0 Å². The predicted octanol–water partition coefficient (Wildman–Crippen LogP) is 3.47. The molecule has 12 heavy (non-hydrogen) atoms. The van der Waals surface area contributed by atoms with Crippen molar-refractivity contribution in [2.75, 3.05) is 12.4 Å². The smallest absolute Gasteiger partial charge is 0.173 e. The van der Waals surface area contributed by atoms with Crippen molar-refractivity contribution in [3.8, 4) is 5.06 Å². The number of unbranched alkanes of at least 4 members (excludes halogenated alkanes) is 1. The Morgan fingerprint density at radius 3 is 2.83 bits per heavy atom. The summed E-state index contributed by atoms with van der Waals surface area (Å²) < 4.78 is 5.11. The molecule has 0 saturated carbocycles. The molecule has 0 amide bonds. The van der Waals surface area contributed by atoms with Gasteiger partial charge in [-0.2, -0.15) is 0 Å². The Hall–Kier alpha value is -0.0200. The maximum absolute atomic E-state index is 5.11. The second-order valence-corrected chi connectivity index (χ2v) is 4.49. The summed E-state index contributed by atoms with van der Waals surface area (Å²) in [6.45, 7) is 0. The van der Waals surface area contributed by atoms with Gasteiger partial charge in [0.05, 0.1) is 7.11 Å². The number of halogens is 1. The van der Waals surface area contributed by atoms with E-state index < -0.39 is 0 Å². The van der Waals surface area contributed by atoms with Crippen molar-refractivity contribution >= 4 is 27.3 Å². The molecule has 0 radical (unpaired) electrons. The summed E-state index contributed by atoms with van der Waals surface area (Å²) in [7, 11) is 1.72. The van der Waals surface area contributed by atoms with Gasteiger partial charge in [0.2, 0.25) is 0 Å². The standard InChI is InChI=1S/C9H13BrOS/c1-11-9-6-5-8(12-9)4-2-3-7-10/h5-6H,2-4,7H2,1H3. The van der Waals surface area contributed by atoms with Gasteiger partial charge in [-0.25, -0.2) is 0 Å². The molecule has 0 atom stereocenters. The Morgan fingerprint density at radius 2 is 2.25 bits per heavy atom. The Kier molecular flexibility index (Phi) is 4.69. The summed E-state index contributed by atoms with van der Waals surface area (Å²) in [4.78, 5) is 1.42. The van der Waals surface area contributed by atoms with Crippen LogP contribution in [0, 0.1) is 0 Å². The van der Waals surface area contributed by atoms with Crippen LogP contribution in [0.4, 0.5) is 0 Å². The van der Waals surface area contributed by atoms with Crippen molar-refractivity contribution in [2.45, 2.75) is 19.3 Å². The summed E-state index contributed by atoms with van der Waals surface area (Å²) in [6, 6.07) is 4.19. The van der Waals surface area contributed by atoms with Gasteiger partial charge < -0.3 is 4.74 Å². The van der Waals surface area contributed by atoms with Crippen molar-refractivity contribution in [1.29, 1.82) is 0 Å². The zero-order valence-corrected chi connectivity index (χ0v) is 9.58. The summed E-state index contributed by atoms with van der Waals surface area (Å²) in [5.74, 6) is 0. The van der Waals surface area contributed by atoms with Crippen LogP contribution in [-0.4, -0.2) is 12.4 Å². The molecular weight excluding hydrogens is 236 g/mol.